The molecule has 1 heterocycles. The highest BCUT2D eigenvalue weighted by Crippen LogP contribution is 2.32. The third kappa shape index (κ3) is 2.46. The first-order chi connectivity index (χ1) is 8.51. The van der Waals surface area contributed by atoms with Crippen LogP contribution in [0.3, 0.4) is 0 Å². The van der Waals surface area contributed by atoms with E-state index in [0.717, 1.165) is 28.3 Å². The second-order valence-electron chi connectivity index (χ2n) is 4.24. The standard InChI is InChI=1S/C14H15ClN2O/c1-8-5-14(18-4)12(15)7-11(8)13-6-9(2)16-10(3)17-13/h5-7H,1-4H3. The van der Waals surface area contributed by atoms with E-state index in [2.05, 4.69) is 9.97 Å². The maximum Gasteiger partial charge on any atom is 0.137 e. The monoisotopic (exact) mass is 262 g/mol. The number of halogens is 1. The number of hydrogen-bond donors (Lipinski definition) is 0. The Bertz CT molecular complexity index is 576. The summed E-state index contributed by atoms with van der Waals surface area (Å²) in [7, 11) is 1.61. The van der Waals surface area contributed by atoms with Crippen LogP contribution in [0, 0.1) is 20.8 Å². The van der Waals surface area contributed by atoms with Crippen LogP contribution >= 0.6 is 11.6 Å². The van der Waals surface area contributed by atoms with Crippen molar-refractivity contribution >= 4 is 11.6 Å². The van der Waals surface area contributed by atoms with Crippen molar-refractivity contribution in [1.29, 1.82) is 0 Å². The van der Waals surface area contributed by atoms with Crippen molar-refractivity contribution in [3.05, 3.63) is 40.3 Å². The Hall–Kier alpha value is -1.61. The molecule has 0 radical (unpaired) electrons. The topological polar surface area (TPSA) is 35.0 Å². The van der Waals surface area contributed by atoms with Crippen LogP contribution in [0.4, 0.5) is 0 Å². The minimum atomic E-state index is 0.590. The van der Waals surface area contributed by atoms with Gasteiger partial charge in [0, 0.05) is 11.3 Å². The van der Waals surface area contributed by atoms with Gasteiger partial charge in [0.25, 0.3) is 0 Å². The molecular weight excluding hydrogens is 248 g/mol. The summed E-state index contributed by atoms with van der Waals surface area (Å²) in [5, 5.41) is 0.590. The second-order valence-corrected chi connectivity index (χ2v) is 4.65. The van der Waals surface area contributed by atoms with Gasteiger partial charge in [0.1, 0.15) is 11.6 Å². The van der Waals surface area contributed by atoms with Gasteiger partial charge in [0.15, 0.2) is 0 Å². The number of rotatable bonds is 2. The highest BCUT2D eigenvalue weighted by molar-refractivity contribution is 6.32. The fraction of sp³-hybridized carbons (Fsp3) is 0.286. The fourth-order valence-electron chi connectivity index (χ4n) is 1.94. The fourth-order valence-corrected chi connectivity index (χ4v) is 2.18. The van der Waals surface area contributed by atoms with Crippen molar-refractivity contribution in [3.63, 3.8) is 0 Å². The summed E-state index contributed by atoms with van der Waals surface area (Å²) in [6, 6.07) is 5.76. The van der Waals surface area contributed by atoms with Gasteiger partial charge in [0.05, 0.1) is 17.8 Å². The van der Waals surface area contributed by atoms with Gasteiger partial charge in [-0.1, -0.05) is 11.6 Å². The molecule has 0 saturated heterocycles. The number of aryl methyl sites for hydroxylation is 3. The Morgan fingerprint density at radius 1 is 1.06 bits per heavy atom. The van der Waals surface area contributed by atoms with Gasteiger partial charge >= 0.3 is 0 Å². The summed E-state index contributed by atoms with van der Waals surface area (Å²) in [6.45, 7) is 5.86. The van der Waals surface area contributed by atoms with Gasteiger partial charge in [-0.25, -0.2) is 9.97 Å². The largest absolute Gasteiger partial charge is 0.495 e. The van der Waals surface area contributed by atoms with Crippen molar-refractivity contribution in [2.75, 3.05) is 7.11 Å². The van der Waals surface area contributed by atoms with Crippen LogP contribution in [0.5, 0.6) is 5.75 Å². The molecule has 0 spiro atoms. The van der Waals surface area contributed by atoms with E-state index in [0.29, 0.717) is 10.8 Å². The van der Waals surface area contributed by atoms with Crippen molar-refractivity contribution < 1.29 is 4.74 Å². The molecule has 0 N–H and O–H groups in total. The van der Waals surface area contributed by atoms with Gasteiger partial charge in [0.2, 0.25) is 0 Å². The lowest BCUT2D eigenvalue weighted by molar-refractivity contribution is 0.415. The normalized spacial score (nSPS) is 10.5. The van der Waals surface area contributed by atoms with Crippen molar-refractivity contribution in [1.82, 2.24) is 9.97 Å². The van der Waals surface area contributed by atoms with Gasteiger partial charge in [-0.3, -0.25) is 0 Å². The van der Waals surface area contributed by atoms with Crippen molar-refractivity contribution in [3.8, 4) is 17.0 Å². The Labute approximate surface area is 112 Å². The molecule has 0 aliphatic carbocycles. The van der Waals surface area contributed by atoms with Crippen LogP contribution in [-0.2, 0) is 0 Å². The number of hydrogen-bond acceptors (Lipinski definition) is 3. The average molecular weight is 263 g/mol. The number of aromatic nitrogens is 2. The van der Waals surface area contributed by atoms with E-state index in [1.165, 1.54) is 0 Å². The van der Waals surface area contributed by atoms with E-state index in [1.807, 2.05) is 39.0 Å². The number of nitrogens with zero attached hydrogens (tertiary/aromatic N) is 2. The molecule has 94 valence electrons. The van der Waals surface area contributed by atoms with E-state index in [-0.39, 0.29) is 0 Å². The molecule has 0 amide bonds. The number of ether oxygens (including phenoxy) is 1. The van der Waals surface area contributed by atoms with Gasteiger partial charge in [-0.05, 0) is 44.5 Å². The molecular formula is C14H15ClN2O. The molecule has 1 aromatic carbocycles. The highest BCUT2D eigenvalue weighted by Gasteiger charge is 2.10. The zero-order chi connectivity index (χ0) is 13.3. The molecule has 0 bridgehead atoms. The lowest BCUT2D eigenvalue weighted by Crippen LogP contribution is -1.96. The predicted octanol–water partition coefficient (Wildman–Crippen LogP) is 3.73. The summed E-state index contributed by atoms with van der Waals surface area (Å²) in [5.74, 6) is 1.44. The summed E-state index contributed by atoms with van der Waals surface area (Å²) in [6.07, 6.45) is 0. The predicted molar refractivity (Wildman–Crippen MR) is 73.2 cm³/mol. The zero-order valence-corrected chi connectivity index (χ0v) is 11.7. The molecule has 0 unspecified atom stereocenters. The molecule has 1 aromatic heterocycles. The maximum absolute atomic E-state index is 6.16. The molecule has 2 rings (SSSR count). The molecule has 0 aliphatic rings. The SMILES string of the molecule is COc1cc(C)c(-c2cc(C)nc(C)n2)cc1Cl. The van der Waals surface area contributed by atoms with Gasteiger partial charge in [-0.15, -0.1) is 0 Å². The Morgan fingerprint density at radius 3 is 2.39 bits per heavy atom. The number of methoxy groups -OCH3 is 1. The van der Waals surface area contributed by atoms with Crippen LogP contribution in [0.15, 0.2) is 18.2 Å². The summed E-state index contributed by atoms with van der Waals surface area (Å²) >= 11 is 6.16. The molecule has 4 heteroatoms. The second kappa shape index (κ2) is 4.94. The first-order valence-electron chi connectivity index (χ1n) is 5.68. The Kier molecular flexibility index (Phi) is 3.53. The lowest BCUT2D eigenvalue weighted by Gasteiger charge is -2.10. The van der Waals surface area contributed by atoms with Crippen molar-refractivity contribution in [2.45, 2.75) is 20.8 Å². The summed E-state index contributed by atoms with van der Waals surface area (Å²) in [4.78, 5) is 8.73. The van der Waals surface area contributed by atoms with Crippen LogP contribution in [-0.4, -0.2) is 17.1 Å². The number of benzene rings is 1. The molecule has 0 fully saturated rings. The minimum Gasteiger partial charge on any atom is -0.495 e. The molecule has 18 heavy (non-hydrogen) atoms. The van der Waals surface area contributed by atoms with E-state index in [1.54, 1.807) is 7.11 Å². The van der Waals surface area contributed by atoms with E-state index < -0.39 is 0 Å². The van der Waals surface area contributed by atoms with E-state index in [9.17, 15) is 0 Å². The minimum absolute atomic E-state index is 0.590. The molecule has 0 saturated carbocycles. The molecule has 2 aromatic rings. The van der Waals surface area contributed by atoms with Crippen LogP contribution < -0.4 is 4.74 Å². The van der Waals surface area contributed by atoms with Gasteiger partial charge < -0.3 is 4.74 Å². The first-order valence-corrected chi connectivity index (χ1v) is 6.06. The summed E-state index contributed by atoms with van der Waals surface area (Å²) in [5.41, 5.74) is 3.93. The highest BCUT2D eigenvalue weighted by atomic mass is 35.5. The van der Waals surface area contributed by atoms with Gasteiger partial charge in [-0.2, -0.15) is 0 Å². The maximum atomic E-state index is 6.16. The smallest absolute Gasteiger partial charge is 0.137 e. The van der Waals surface area contributed by atoms with Crippen LogP contribution in [0.2, 0.25) is 5.02 Å². The van der Waals surface area contributed by atoms with Crippen LogP contribution in [0.25, 0.3) is 11.3 Å². The molecule has 0 atom stereocenters. The Morgan fingerprint density at radius 2 is 1.78 bits per heavy atom. The van der Waals surface area contributed by atoms with Crippen LogP contribution in [0.1, 0.15) is 17.1 Å². The Balaban J connectivity index is 2.60. The molecule has 3 nitrogen and oxygen atoms in total. The zero-order valence-electron chi connectivity index (χ0n) is 10.9. The van der Waals surface area contributed by atoms with Crippen molar-refractivity contribution in [2.24, 2.45) is 0 Å². The van der Waals surface area contributed by atoms with E-state index >= 15 is 0 Å². The lowest BCUT2D eigenvalue weighted by atomic mass is 10.0. The van der Waals surface area contributed by atoms with E-state index in [4.69, 9.17) is 16.3 Å². The average Bonchev–Trinajstić information content (AvgIpc) is 2.30. The summed E-state index contributed by atoms with van der Waals surface area (Å²) < 4.78 is 5.20. The third-order valence-corrected chi connectivity index (χ3v) is 3.04. The molecule has 0 aliphatic heterocycles. The first kappa shape index (κ1) is 12.8. The third-order valence-electron chi connectivity index (χ3n) is 2.74. The quantitative estimate of drug-likeness (QED) is 0.827.